The van der Waals surface area contributed by atoms with E-state index in [-0.39, 0.29) is 11.1 Å². The molecule has 1 N–H and O–H groups in total. The summed E-state index contributed by atoms with van der Waals surface area (Å²) < 4.78 is 6.03. The first-order valence-corrected chi connectivity index (χ1v) is 7.82. The van der Waals surface area contributed by atoms with Crippen LogP contribution in [0.3, 0.4) is 0 Å². The maximum absolute atomic E-state index is 6.03. The van der Waals surface area contributed by atoms with Gasteiger partial charge < -0.3 is 9.41 Å². The Hall–Kier alpha value is 0.137. The fourth-order valence-electron chi connectivity index (χ4n) is 1.69. The van der Waals surface area contributed by atoms with E-state index < -0.39 is 8.48 Å². The molecular weight excluding hydrogens is 178 g/mol. The second kappa shape index (κ2) is 3.71. The molecule has 0 aliphatic rings. The molecule has 3 heteroatoms. The summed E-state index contributed by atoms with van der Waals surface area (Å²) in [6, 6.07) is 0. The Morgan fingerprint density at radius 3 is 1.54 bits per heavy atom. The lowest BCUT2D eigenvalue weighted by Gasteiger charge is -2.37. The standard InChI is InChI=1S/C10H25NOSi/c1-9(2,3)11-13(7,8)12-10(4,5)6/h11H,1-8H3. The summed E-state index contributed by atoms with van der Waals surface area (Å²) in [6.45, 7) is 17.2. The van der Waals surface area contributed by atoms with Crippen LogP contribution in [0.4, 0.5) is 0 Å². The fraction of sp³-hybridized carbons (Fsp3) is 1.00. The van der Waals surface area contributed by atoms with Gasteiger partial charge >= 0.3 is 0 Å². The van der Waals surface area contributed by atoms with Crippen molar-refractivity contribution < 1.29 is 4.43 Å². The van der Waals surface area contributed by atoms with E-state index in [4.69, 9.17) is 4.43 Å². The van der Waals surface area contributed by atoms with Gasteiger partial charge in [0, 0.05) is 11.1 Å². The summed E-state index contributed by atoms with van der Waals surface area (Å²) >= 11 is 0. The predicted octanol–water partition coefficient (Wildman–Crippen LogP) is 2.89. The number of nitrogens with one attached hydrogen (secondary N) is 1. The average molecular weight is 203 g/mol. The SMILES string of the molecule is CC(C)(C)N[Si](C)(C)OC(C)(C)C. The molecule has 0 saturated carbocycles. The second-order valence-corrected chi connectivity index (χ2v) is 9.57. The Labute approximate surface area is 84.3 Å². The van der Waals surface area contributed by atoms with E-state index in [0.717, 1.165) is 0 Å². The third-order valence-corrected chi connectivity index (χ3v) is 3.71. The van der Waals surface area contributed by atoms with Gasteiger partial charge in [-0.15, -0.1) is 0 Å². The zero-order valence-corrected chi connectivity index (χ0v) is 11.4. The minimum Gasteiger partial charge on any atom is -0.399 e. The molecule has 0 amide bonds. The molecule has 0 saturated heterocycles. The number of hydrogen-bond donors (Lipinski definition) is 1. The van der Waals surface area contributed by atoms with Crippen molar-refractivity contribution in [3.63, 3.8) is 0 Å². The molecule has 0 fully saturated rings. The Balaban J connectivity index is 4.25. The molecule has 2 nitrogen and oxygen atoms in total. The summed E-state index contributed by atoms with van der Waals surface area (Å²) in [5.74, 6) is 0. The minimum absolute atomic E-state index is 0.0476. The van der Waals surface area contributed by atoms with E-state index in [2.05, 4.69) is 59.6 Å². The van der Waals surface area contributed by atoms with Crippen LogP contribution in [0.5, 0.6) is 0 Å². The van der Waals surface area contributed by atoms with Gasteiger partial charge in [0.05, 0.1) is 0 Å². The van der Waals surface area contributed by atoms with Gasteiger partial charge in [-0.25, -0.2) is 0 Å². The Morgan fingerprint density at radius 2 is 1.31 bits per heavy atom. The van der Waals surface area contributed by atoms with Gasteiger partial charge in [0.2, 0.25) is 0 Å². The highest BCUT2D eigenvalue weighted by atomic mass is 28.4. The molecule has 0 atom stereocenters. The quantitative estimate of drug-likeness (QED) is 0.697. The molecule has 0 radical (unpaired) electrons. The zero-order valence-electron chi connectivity index (χ0n) is 10.4. The monoisotopic (exact) mass is 203 g/mol. The van der Waals surface area contributed by atoms with Crippen LogP contribution in [-0.4, -0.2) is 19.6 Å². The smallest absolute Gasteiger partial charge is 0.263 e. The van der Waals surface area contributed by atoms with E-state index >= 15 is 0 Å². The lowest BCUT2D eigenvalue weighted by molar-refractivity contribution is 0.112. The lowest BCUT2D eigenvalue weighted by atomic mass is 10.1. The van der Waals surface area contributed by atoms with Crippen molar-refractivity contribution in [2.45, 2.75) is 65.8 Å². The summed E-state index contributed by atoms with van der Waals surface area (Å²) in [5.41, 5.74) is 0.0922. The van der Waals surface area contributed by atoms with Crippen molar-refractivity contribution in [3.05, 3.63) is 0 Å². The van der Waals surface area contributed by atoms with Crippen LogP contribution in [0.25, 0.3) is 0 Å². The first-order chi connectivity index (χ1) is 5.41. The predicted molar refractivity (Wildman–Crippen MR) is 61.2 cm³/mol. The molecule has 0 aliphatic heterocycles. The fourth-order valence-corrected chi connectivity index (χ4v) is 5.08. The van der Waals surface area contributed by atoms with E-state index in [9.17, 15) is 0 Å². The van der Waals surface area contributed by atoms with Gasteiger partial charge in [0.25, 0.3) is 8.48 Å². The van der Waals surface area contributed by atoms with Crippen LogP contribution in [0, 0.1) is 0 Å². The zero-order chi connectivity index (χ0) is 10.9. The summed E-state index contributed by atoms with van der Waals surface area (Å²) in [7, 11) is -1.72. The van der Waals surface area contributed by atoms with Gasteiger partial charge in [0.1, 0.15) is 0 Å². The van der Waals surface area contributed by atoms with E-state index in [1.807, 2.05) is 0 Å². The normalized spacial score (nSPS) is 14.8. The van der Waals surface area contributed by atoms with Crippen molar-refractivity contribution in [1.82, 2.24) is 4.98 Å². The van der Waals surface area contributed by atoms with Crippen LogP contribution in [0.2, 0.25) is 13.1 Å². The minimum atomic E-state index is -1.72. The number of rotatable bonds is 2. The van der Waals surface area contributed by atoms with Gasteiger partial charge in [0.15, 0.2) is 0 Å². The molecule has 0 bridgehead atoms. The van der Waals surface area contributed by atoms with Crippen LogP contribution in [0.15, 0.2) is 0 Å². The lowest BCUT2D eigenvalue weighted by Crippen LogP contribution is -2.58. The van der Waals surface area contributed by atoms with E-state index in [1.165, 1.54) is 0 Å². The molecule has 80 valence electrons. The molecule has 0 aromatic carbocycles. The van der Waals surface area contributed by atoms with E-state index in [1.54, 1.807) is 0 Å². The molecular formula is C10H25NOSi. The first kappa shape index (κ1) is 13.1. The molecule has 0 spiro atoms. The maximum Gasteiger partial charge on any atom is 0.263 e. The average Bonchev–Trinajstić information content (AvgIpc) is 1.43. The third kappa shape index (κ3) is 8.47. The highest BCUT2D eigenvalue weighted by Gasteiger charge is 2.32. The van der Waals surface area contributed by atoms with Crippen molar-refractivity contribution in [3.8, 4) is 0 Å². The molecule has 13 heavy (non-hydrogen) atoms. The molecule has 0 aromatic heterocycles. The van der Waals surface area contributed by atoms with Crippen molar-refractivity contribution >= 4 is 8.48 Å². The van der Waals surface area contributed by atoms with Crippen LogP contribution < -0.4 is 4.98 Å². The second-order valence-electron chi connectivity index (χ2n) is 6.10. The Morgan fingerprint density at radius 1 is 0.923 bits per heavy atom. The molecule has 0 rings (SSSR count). The highest BCUT2D eigenvalue weighted by Crippen LogP contribution is 2.17. The van der Waals surface area contributed by atoms with E-state index in [0.29, 0.717) is 0 Å². The first-order valence-electron chi connectivity index (χ1n) is 4.91. The summed E-state index contributed by atoms with van der Waals surface area (Å²) in [4.78, 5) is 3.57. The van der Waals surface area contributed by atoms with Gasteiger partial charge in [-0.2, -0.15) is 0 Å². The Bertz CT molecular complexity index is 147. The molecule has 0 heterocycles. The summed E-state index contributed by atoms with van der Waals surface area (Å²) in [5, 5.41) is 0. The van der Waals surface area contributed by atoms with Gasteiger partial charge in [-0.05, 0) is 54.6 Å². The topological polar surface area (TPSA) is 21.3 Å². The van der Waals surface area contributed by atoms with Gasteiger partial charge in [-0.3, -0.25) is 0 Å². The van der Waals surface area contributed by atoms with Crippen LogP contribution in [-0.2, 0) is 4.43 Å². The Kier molecular flexibility index (Phi) is 3.75. The van der Waals surface area contributed by atoms with Crippen molar-refractivity contribution in [2.75, 3.05) is 0 Å². The summed E-state index contributed by atoms with van der Waals surface area (Å²) in [6.07, 6.45) is 0. The van der Waals surface area contributed by atoms with Gasteiger partial charge in [-0.1, -0.05) is 0 Å². The van der Waals surface area contributed by atoms with Crippen LogP contribution >= 0.6 is 0 Å². The largest absolute Gasteiger partial charge is 0.399 e. The molecule has 0 aliphatic carbocycles. The third-order valence-electron chi connectivity index (χ3n) is 1.24. The highest BCUT2D eigenvalue weighted by molar-refractivity contribution is 6.68. The van der Waals surface area contributed by atoms with Crippen molar-refractivity contribution in [1.29, 1.82) is 0 Å². The molecule has 0 unspecified atom stereocenters. The molecule has 0 aromatic rings. The maximum atomic E-state index is 6.03. The van der Waals surface area contributed by atoms with Crippen LogP contribution in [0.1, 0.15) is 41.5 Å². The number of hydrogen-bond acceptors (Lipinski definition) is 2. The van der Waals surface area contributed by atoms with Crippen molar-refractivity contribution in [2.24, 2.45) is 0 Å².